The molecule has 2 aliphatic rings. The third-order valence-corrected chi connectivity index (χ3v) is 7.97. The van der Waals surface area contributed by atoms with Crippen LogP contribution in [-0.2, 0) is 0 Å². The number of benzene rings is 1. The van der Waals surface area contributed by atoms with Gasteiger partial charge in [-0.25, -0.2) is 0 Å². The number of hydrogen-bond donors (Lipinski definition) is 2. The van der Waals surface area contributed by atoms with E-state index in [2.05, 4.69) is 23.9 Å². The Bertz CT molecular complexity index is 1050. The number of ether oxygens (including phenoxy) is 1. The minimum absolute atomic E-state index is 0.00878. The maximum absolute atomic E-state index is 13.8. The van der Waals surface area contributed by atoms with Crippen LogP contribution in [0.4, 0.5) is 0 Å². The molecular weight excluding hydrogens is 474 g/mol. The molecule has 2 aliphatic heterocycles. The number of amides is 2. The zero-order valence-corrected chi connectivity index (χ0v) is 22.5. The predicted molar refractivity (Wildman–Crippen MR) is 141 cm³/mol. The van der Waals surface area contributed by atoms with E-state index in [0.717, 1.165) is 51.9 Å². The average Bonchev–Trinajstić information content (AvgIpc) is 3.18. The summed E-state index contributed by atoms with van der Waals surface area (Å²) in [5, 5.41) is 22.1. The standard InChI is InChI=1S/C27H39N5O5/c1-28-14-10-18(11-15-28)30(3)26(35)22-24(33)25(34)23(32(22)20-6-8-21(37-5)9-7-20)27(36)31(4)19-12-16-29(2)17-13-19/h6-9,18-19,33-34H,10-17H2,1-5H3. The van der Waals surface area contributed by atoms with Crippen LogP contribution in [0, 0.1) is 0 Å². The Kier molecular flexibility index (Phi) is 7.99. The molecule has 2 N–H and O–H groups in total. The molecule has 4 rings (SSSR count). The second-order valence-corrected chi connectivity index (χ2v) is 10.3. The van der Waals surface area contributed by atoms with Crippen LogP contribution in [0.2, 0.25) is 0 Å². The van der Waals surface area contributed by atoms with Crippen LogP contribution < -0.4 is 4.74 Å². The van der Waals surface area contributed by atoms with Gasteiger partial charge in [-0.3, -0.25) is 14.2 Å². The fourth-order valence-electron chi connectivity index (χ4n) is 5.36. The van der Waals surface area contributed by atoms with Crippen molar-refractivity contribution in [2.45, 2.75) is 37.8 Å². The minimum atomic E-state index is -0.583. The molecule has 1 aromatic heterocycles. The number of rotatable bonds is 6. The lowest BCUT2D eigenvalue weighted by Crippen LogP contribution is -2.45. The first-order valence-electron chi connectivity index (χ1n) is 12.9. The highest BCUT2D eigenvalue weighted by Crippen LogP contribution is 2.40. The summed E-state index contributed by atoms with van der Waals surface area (Å²) in [5.74, 6) is -1.45. The first-order chi connectivity index (χ1) is 17.6. The van der Waals surface area contributed by atoms with Gasteiger partial charge in [0.15, 0.2) is 22.9 Å². The molecule has 2 amide bonds. The molecule has 202 valence electrons. The van der Waals surface area contributed by atoms with Gasteiger partial charge in [0, 0.05) is 31.9 Å². The zero-order valence-electron chi connectivity index (χ0n) is 22.5. The first-order valence-corrected chi connectivity index (χ1v) is 12.9. The Morgan fingerprint density at radius 2 is 1.16 bits per heavy atom. The molecule has 10 heteroatoms. The molecule has 2 aromatic rings. The molecule has 0 radical (unpaired) electrons. The van der Waals surface area contributed by atoms with E-state index in [4.69, 9.17) is 4.74 Å². The lowest BCUT2D eigenvalue weighted by atomic mass is 10.0. The summed E-state index contributed by atoms with van der Waals surface area (Å²) in [6.45, 7) is 3.46. The van der Waals surface area contributed by atoms with E-state index < -0.39 is 23.3 Å². The second kappa shape index (κ2) is 11.0. The van der Waals surface area contributed by atoms with Crippen molar-refractivity contribution in [2.75, 3.05) is 61.5 Å². The van der Waals surface area contributed by atoms with E-state index in [-0.39, 0.29) is 23.5 Å². The van der Waals surface area contributed by atoms with Gasteiger partial charge >= 0.3 is 0 Å². The molecule has 0 unspecified atom stereocenters. The van der Waals surface area contributed by atoms with Crippen LogP contribution >= 0.6 is 0 Å². The topological polar surface area (TPSA) is 102 Å². The second-order valence-electron chi connectivity index (χ2n) is 10.3. The number of piperidine rings is 2. The Morgan fingerprint density at radius 1 is 0.784 bits per heavy atom. The number of carbonyl (C=O) groups excluding carboxylic acids is 2. The fourth-order valence-corrected chi connectivity index (χ4v) is 5.36. The molecule has 1 aromatic carbocycles. The van der Waals surface area contributed by atoms with Gasteiger partial charge in [-0.05, 0) is 90.2 Å². The summed E-state index contributed by atoms with van der Waals surface area (Å²) in [6, 6.07) is 6.82. The molecule has 3 heterocycles. The van der Waals surface area contributed by atoms with Gasteiger partial charge in [0.2, 0.25) is 0 Å². The van der Waals surface area contributed by atoms with E-state index in [0.29, 0.717) is 11.4 Å². The first kappa shape index (κ1) is 26.8. The molecule has 0 aliphatic carbocycles. The third-order valence-electron chi connectivity index (χ3n) is 7.97. The van der Waals surface area contributed by atoms with Crippen molar-refractivity contribution in [1.29, 1.82) is 0 Å². The van der Waals surface area contributed by atoms with Gasteiger partial charge < -0.3 is 34.5 Å². The number of carbonyl (C=O) groups is 2. The van der Waals surface area contributed by atoms with Crippen LogP contribution in [-0.4, -0.2) is 120 Å². The van der Waals surface area contributed by atoms with Gasteiger partial charge in [-0.2, -0.15) is 0 Å². The van der Waals surface area contributed by atoms with Gasteiger partial charge in [-0.15, -0.1) is 0 Å². The third kappa shape index (κ3) is 5.26. The van der Waals surface area contributed by atoms with Crippen molar-refractivity contribution in [1.82, 2.24) is 24.2 Å². The number of aromatic hydroxyl groups is 2. The largest absolute Gasteiger partial charge is 0.503 e. The van der Waals surface area contributed by atoms with Crippen molar-refractivity contribution in [2.24, 2.45) is 0 Å². The van der Waals surface area contributed by atoms with Gasteiger partial charge in [-0.1, -0.05) is 0 Å². The SMILES string of the molecule is COc1ccc(-n2c(C(=O)N(C)C3CCN(C)CC3)c(O)c(O)c2C(=O)N(C)C2CCN(C)CC2)cc1. The average molecular weight is 514 g/mol. The predicted octanol–water partition coefficient (Wildman–Crippen LogP) is 2.23. The van der Waals surface area contributed by atoms with Crippen LogP contribution in [0.15, 0.2) is 24.3 Å². The van der Waals surface area contributed by atoms with Crippen molar-refractivity contribution in [3.8, 4) is 22.9 Å². The number of nitrogens with zero attached hydrogens (tertiary/aromatic N) is 5. The van der Waals surface area contributed by atoms with Crippen molar-refractivity contribution in [3.05, 3.63) is 35.7 Å². The molecule has 2 saturated heterocycles. The van der Waals surface area contributed by atoms with E-state index >= 15 is 0 Å². The van der Waals surface area contributed by atoms with Gasteiger partial charge in [0.05, 0.1) is 7.11 Å². The van der Waals surface area contributed by atoms with Crippen molar-refractivity contribution in [3.63, 3.8) is 0 Å². The van der Waals surface area contributed by atoms with Crippen molar-refractivity contribution < 1.29 is 24.5 Å². The van der Waals surface area contributed by atoms with Crippen LogP contribution in [0.3, 0.4) is 0 Å². The fraction of sp³-hybridized carbons (Fsp3) is 0.556. The van der Waals surface area contributed by atoms with Gasteiger partial charge in [0.1, 0.15) is 5.75 Å². The molecule has 0 atom stereocenters. The highest BCUT2D eigenvalue weighted by atomic mass is 16.5. The Morgan fingerprint density at radius 3 is 1.51 bits per heavy atom. The van der Waals surface area contributed by atoms with E-state index in [1.165, 1.54) is 4.57 Å². The van der Waals surface area contributed by atoms with Gasteiger partial charge in [0.25, 0.3) is 11.8 Å². The summed E-state index contributed by atoms with van der Waals surface area (Å²) in [6.07, 6.45) is 3.22. The Labute approximate surface area is 218 Å². The zero-order chi connectivity index (χ0) is 26.9. The number of likely N-dealkylation sites (tertiary alicyclic amines) is 2. The Hall–Kier alpha value is -3.24. The smallest absolute Gasteiger partial charge is 0.274 e. The molecule has 10 nitrogen and oxygen atoms in total. The minimum Gasteiger partial charge on any atom is -0.503 e. The van der Waals surface area contributed by atoms with Crippen LogP contribution in [0.25, 0.3) is 5.69 Å². The number of aromatic nitrogens is 1. The maximum atomic E-state index is 13.8. The molecule has 0 saturated carbocycles. The molecule has 0 spiro atoms. The van der Waals surface area contributed by atoms with Crippen LogP contribution in [0.5, 0.6) is 17.2 Å². The summed E-state index contributed by atoms with van der Waals surface area (Å²) >= 11 is 0. The summed E-state index contributed by atoms with van der Waals surface area (Å²) in [4.78, 5) is 35.3. The molecule has 2 fully saturated rings. The highest BCUT2D eigenvalue weighted by molar-refractivity contribution is 6.04. The molecule has 0 bridgehead atoms. The quantitative estimate of drug-likeness (QED) is 0.611. The lowest BCUT2D eigenvalue weighted by Gasteiger charge is -2.35. The molecular formula is C27H39N5O5. The lowest BCUT2D eigenvalue weighted by molar-refractivity contribution is 0.0642. The maximum Gasteiger partial charge on any atom is 0.274 e. The Balaban J connectivity index is 1.77. The highest BCUT2D eigenvalue weighted by Gasteiger charge is 2.37. The van der Waals surface area contributed by atoms with Crippen molar-refractivity contribution >= 4 is 11.8 Å². The van der Waals surface area contributed by atoms with Crippen LogP contribution in [0.1, 0.15) is 46.7 Å². The number of hydrogen-bond acceptors (Lipinski definition) is 7. The summed E-state index contributed by atoms with van der Waals surface area (Å²) in [7, 11) is 9.09. The van der Waals surface area contributed by atoms with E-state index in [1.54, 1.807) is 55.3 Å². The number of methoxy groups -OCH3 is 1. The normalized spacial score (nSPS) is 18.1. The monoisotopic (exact) mass is 513 g/mol. The molecule has 37 heavy (non-hydrogen) atoms. The van der Waals surface area contributed by atoms with E-state index in [1.807, 2.05) is 0 Å². The summed E-state index contributed by atoms with van der Waals surface area (Å²) in [5.41, 5.74) is 0.227. The van der Waals surface area contributed by atoms with E-state index in [9.17, 15) is 19.8 Å². The summed E-state index contributed by atoms with van der Waals surface area (Å²) < 4.78 is 6.67.